The minimum absolute atomic E-state index is 0.775. The zero-order valence-corrected chi connectivity index (χ0v) is 41.1. The average Bonchev–Trinajstić information content (AvgIpc) is 4.14. The molecule has 0 atom stereocenters. The summed E-state index contributed by atoms with van der Waals surface area (Å²) in [6, 6.07) is 71.9. The molecule has 10 aromatic carbocycles. The van der Waals surface area contributed by atoms with Crippen LogP contribution in [-0.4, -0.2) is 8.29 Å². The summed E-state index contributed by atoms with van der Waals surface area (Å²) in [7, 11) is 0. The molecule has 2 aromatic heterocycles. The molecule has 7 nitrogen and oxygen atoms in total. The molecule has 5 aliphatic rings. The normalized spacial score (nSPS) is 14.5. The molecule has 0 amide bonds. The summed E-state index contributed by atoms with van der Waals surface area (Å²) in [4.78, 5) is 10.3. The van der Waals surface area contributed by atoms with Crippen LogP contribution in [0.1, 0.15) is 11.1 Å². The molecule has 342 valence electrons. The fraction of sp³-hybridized carbons (Fsp3) is 0.0312. The molecule has 17 rings (SSSR count). The third-order valence-electron chi connectivity index (χ3n) is 15.1. The zero-order chi connectivity index (χ0) is 47.1. The number of aryl methyl sites for hydroxylation is 2. The van der Waals surface area contributed by atoms with Crippen molar-refractivity contribution in [2.24, 2.45) is 0 Å². The first-order chi connectivity index (χ1) is 35.5. The number of hydrogen-bond acceptors (Lipinski definition) is 7. The molecule has 72 heavy (non-hydrogen) atoms. The van der Waals surface area contributed by atoms with Gasteiger partial charge in [0.25, 0.3) is 0 Å². The van der Waals surface area contributed by atoms with Crippen LogP contribution < -0.4 is 24.3 Å². The SMILES string of the molecule is Cc1cc2c3c(c1)-c1ccc4oc5ccc(cc5c4c1)-c1cc(C)cc(c1N1[C]4=[Pt]=[C]5N(c6cccc(c6)Oc6cccc(c6)N4c4ccccc41)c1ccccc1N53)-c1ccc3oc4ccc-2cc4c3c1. The van der Waals surface area contributed by atoms with Gasteiger partial charge in [0.05, 0.1) is 0 Å². The Morgan fingerprint density at radius 3 is 1.04 bits per heavy atom. The molecular formula is C64H38N4O3Pt. The van der Waals surface area contributed by atoms with Crippen LogP contribution in [0, 0.1) is 13.8 Å². The third-order valence-corrected chi connectivity index (χ3v) is 18.1. The summed E-state index contributed by atoms with van der Waals surface area (Å²) >= 11 is -1.21. The van der Waals surface area contributed by atoms with Gasteiger partial charge in [0, 0.05) is 0 Å². The van der Waals surface area contributed by atoms with Crippen molar-refractivity contribution in [1.82, 2.24) is 0 Å². The fourth-order valence-corrected chi connectivity index (χ4v) is 15.7. The van der Waals surface area contributed by atoms with E-state index in [2.05, 4.69) is 228 Å². The topological polar surface area (TPSA) is 48.5 Å². The maximum atomic E-state index is 6.89. The molecule has 0 unspecified atom stereocenters. The van der Waals surface area contributed by atoms with E-state index < -0.39 is 17.6 Å². The molecule has 0 saturated carbocycles. The van der Waals surface area contributed by atoms with Gasteiger partial charge in [-0.2, -0.15) is 0 Å². The van der Waals surface area contributed by atoms with Gasteiger partial charge in [-0.1, -0.05) is 0 Å². The van der Waals surface area contributed by atoms with Crippen molar-refractivity contribution in [2.45, 2.75) is 13.8 Å². The molecule has 7 heterocycles. The second-order valence-electron chi connectivity index (χ2n) is 19.4. The molecule has 0 radical (unpaired) electrons. The summed E-state index contributed by atoms with van der Waals surface area (Å²) < 4.78 is 22.8. The third kappa shape index (κ3) is 5.27. The molecule has 0 fully saturated rings. The number of anilines is 8. The van der Waals surface area contributed by atoms with Crippen LogP contribution in [0.4, 0.5) is 45.5 Å². The minimum atomic E-state index is -1.21. The van der Waals surface area contributed by atoms with Crippen LogP contribution in [0.3, 0.4) is 0 Å². The van der Waals surface area contributed by atoms with Crippen molar-refractivity contribution in [3.05, 3.63) is 205 Å². The molecular weight excluding hydrogens is 1070 g/mol. The van der Waals surface area contributed by atoms with Gasteiger partial charge in [0.15, 0.2) is 0 Å². The van der Waals surface area contributed by atoms with Crippen LogP contribution in [0.15, 0.2) is 203 Å². The van der Waals surface area contributed by atoms with Gasteiger partial charge in [0.2, 0.25) is 0 Å². The monoisotopic (exact) mass is 1110 g/mol. The number of para-hydroxylation sites is 4. The summed E-state index contributed by atoms with van der Waals surface area (Å²) in [5.74, 6) is 1.55. The van der Waals surface area contributed by atoms with Crippen LogP contribution in [-0.2, 0) is 17.6 Å². The van der Waals surface area contributed by atoms with Gasteiger partial charge in [-0.15, -0.1) is 0 Å². The fourth-order valence-electron chi connectivity index (χ4n) is 12.0. The molecule has 12 aromatic rings. The first kappa shape index (κ1) is 39.0. The second-order valence-corrected chi connectivity index (χ2v) is 22.0. The Kier molecular flexibility index (Phi) is 7.57. The molecule has 0 N–H and O–H groups in total. The predicted molar refractivity (Wildman–Crippen MR) is 290 cm³/mol. The van der Waals surface area contributed by atoms with E-state index in [1.165, 1.54) is 19.4 Å². The average molecular weight is 1110 g/mol. The number of fused-ring (bicyclic) bond motifs is 18. The van der Waals surface area contributed by atoms with E-state index in [1.54, 1.807) is 0 Å². The Labute approximate surface area is 421 Å². The van der Waals surface area contributed by atoms with Crippen molar-refractivity contribution in [1.29, 1.82) is 0 Å². The van der Waals surface area contributed by atoms with Crippen molar-refractivity contribution in [3.63, 3.8) is 0 Å². The molecule has 0 saturated heterocycles. The number of rotatable bonds is 0. The number of nitrogens with zero attached hydrogens (tertiary/aromatic N) is 4. The first-order valence-corrected chi connectivity index (χ1v) is 26.6. The molecule has 5 aliphatic heterocycles. The van der Waals surface area contributed by atoms with E-state index in [0.717, 1.165) is 145 Å². The molecule has 0 aliphatic carbocycles. The van der Waals surface area contributed by atoms with E-state index in [4.69, 9.17) is 13.6 Å². The number of hydrogen-bond donors (Lipinski definition) is 0. The number of ether oxygens (including phenoxy) is 1. The van der Waals surface area contributed by atoms with Crippen LogP contribution in [0.25, 0.3) is 88.4 Å². The Morgan fingerprint density at radius 2 is 0.681 bits per heavy atom. The zero-order valence-electron chi connectivity index (χ0n) is 38.8. The van der Waals surface area contributed by atoms with Gasteiger partial charge in [-0.25, -0.2) is 0 Å². The summed E-state index contributed by atoms with van der Waals surface area (Å²) in [6.45, 7) is 4.46. The Balaban J connectivity index is 1.17. The molecule has 8 heteroatoms. The first-order valence-electron chi connectivity index (χ1n) is 24.3. The second kappa shape index (κ2) is 14.0. The van der Waals surface area contributed by atoms with E-state index in [0.29, 0.717) is 0 Å². The van der Waals surface area contributed by atoms with Gasteiger partial charge in [-0.05, 0) is 0 Å². The number of furan rings is 2. The number of benzene rings is 10. The molecule has 16 bridgehead atoms. The van der Waals surface area contributed by atoms with Crippen molar-refractivity contribution in [3.8, 4) is 56.0 Å². The van der Waals surface area contributed by atoms with E-state index >= 15 is 0 Å². The maximum absolute atomic E-state index is 6.89. The van der Waals surface area contributed by atoms with Gasteiger partial charge in [0.1, 0.15) is 0 Å². The van der Waals surface area contributed by atoms with Gasteiger partial charge < -0.3 is 0 Å². The Hall–Kier alpha value is -8.77. The standard InChI is InChI=1S/C64H38N4O3.Pt/c1-37-25-47-39-17-21-59-51(29-39)53-31-41(19-23-61(53)70-59)49-27-38(2)28-50-42-20-24-62-54(32-42)52-30-40(18-22-60(52)71-62)48(26-37)63(47)67-35-65(55-13-3-5-15-57(55)67)43-9-7-11-45(33-43)69-46-12-8-10-44(34-46)66-36-68(64(49)50)58-16-6-4-14-56(58)66;/h3-34H,1-2H3;. The molecule has 0 spiro atoms. The van der Waals surface area contributed by atoms with Gasteiger partial charge in [-0.3, -0.25) is 0 Å². The Bertz CT molecular complexity index is 4110. The summed E-state index contributed by atoms with van der Waals surface area (Å²) in [5, 5.41) is 4.33. The van der Waals surface area contributed by atoms with E-state index in [1.807, 2.05) is 0 Å². The van der Waals surface area contributed by atoms with Crippen molar-refractivity contribution in [2.75, 3.05) is 19.6 Å². The van der Waals surface area contributed by atoms with Crippen LogP contribution in [0.5, 0.6) is 11.5 Å². The van der Waals surface area contributed by atoms with Crippen LogP contribution in [0.2, 0.25) is 0 Å². The van der Waals surface area contributed by atoms with Gasteiger partial charge >= 0.3 is 424 Å². The Morgan fingerprint density at radius 1 is 0.333 bits per heavy atom. The summed E-state index contributed by atoms with van der Waals surface area (Å²) in [5.41, 5.74) is 23.5. The summed E-state index contributed by atoms with van der Waals surface area (Å²) in [6.07, 6.45) is 0. The van der Waals surface area contributed by atoms with Crippen molar-refractivity contribution >= 4 is 97.7 Å². The van der Waals surface area contributed by atoms with E-state index in [-0.39, 0.29) is 0 Å². The van der Waals surface area contributed by atoms with Crippen molar-refractivity contribution < 1.29 is 31.2 Å². The quantitative estimate of drug-likeness (QED) is 0.150. The predicted octanol–water partition coefficient (Wildman–Crippen LogP) is 17.0. The van der Waals surface area contributed by atoms with E-state index in [9.17, 15) is 0 Å². The van der Waals surface area contributed by atoms with Crippen LogP contribution >= 0.6 is 0 Å².